The van der Waals surface area contributed by atoms with Gasteiger partial charge < -0.3 is 10.2 Å². The Morgan fingerprint density at radius 2 is 2.20 bits per heavy atom. The molecule has 0 aliphatic carbocycles. The summed E-state index contributed by atoms with van der Waals surface area (Å²) in [5, 5.41) is 3.41. The van der Waals surface area contributed by atoms with Gasteiger partial charge in [-0.1, -0.05) is 13.0 Å². The maximum atomic E-state index is 4.75. The molecule has 20 heavy (non-hydrogen) atoms. The van der Waals surface area contributed by atoms with Crippen molar-refractivity contribution in [1.82, 2.24) is 15.2 Å². The van der Waals surface area contributed by atoms with Gasteiger partial charge >= 0.3 is 0 Å². The van der Waals surface area contributed by atoms with E-state index in [1.165, 1.54) is 12.8 Å². The molecule has 1 aromatic heterocycles. The van der Waals surface area contributed by atoms with Gasteiger partial charge in [0.1, 0.15) is 0 Å². The largest absolute Gasteiger partial charge is 0.357 e. The van der Waals surface area contributed by atoms with Gasteiger partial charge in [0.05, 0.1) is 0 Å². The quantitative estimate of drug-likeness (QED) is 0.676. The van der Waals surface area contributed by atoms with Crippen LogP contribution in [0.25, 0.3) is 0 Å². The molecule has 4 nitrogen and oxygen atoms in total. The zero-order chi connectivity index (χ0) is 14.2. The van der Waals surface area contributed by atoms with Gasteiger partial charge in [0.25, 0.3) is 0 Å². The molecular formula is C16H26N4. The zero-order valence-corrected chi connectivity index (χ0v) is 12.7. The second-order valence-electron chi connectivity index (χ2n) is 5.48. The maximum absolute atomic E-state index is 4.75. The summed E-state index contributed by atoms with van der Waals surface area (Å²) >= 11 is 0. The van der Waals surface area contributed by atoms with Gasteiger partial charge in [-0.2, -0.15) is 0 Å². The van der Waals surface area contributed by atoms with Crippen molar-refractivity contribution in [2.24, 2.45) is 10.9 Å². The van der Waals surface area contributed by atoms with Crippen LogP contribution >= 0.6 is 0 Å². The number of piperidine rings is 1. The van der Waals surface area contributed by atoms with E-state index in [9.17, 15) is 0 Å². The highest BCUT2D eigenvalue weighted by atomic mass is 15.3. The van der Waals surface area contributed by atoms with Gasteiger partial charge in [-0.15, -0.1) is 0 Å². The number of nitrogens with one attached hydrogen (secondary N) is 1. The average molecular weight is 274 g/mol. The van der Waals surface area contributed by atoms with Gasteiger partial charge in [0, 0.05) is 44.5 Å². The number of guanidine groups is 1. The minimum absolute atomic E-state index is 0.797. The van der Waals surface area contributed by atoms with Crippen molar-refractivity contribution in [3.63, 3.8) is 0 Å². The molecule has 110 valence electrons. The van der Waals surface area contributed by atoms with E-state index in [-0.39, 0.29) is 0 Å². The summed E-state index contributed by atoms with van der Waals surface area (Å²) in [6.07, 6.45) is 5.28. The van der Waals surface area contributed by atoms with Crippen LogP contribution in [0, 0.1) is 5.92 Å². The Balaban J connectivity index is 1.88. The molecule has 0 unspecified atom stereocenters. The van der Waals surface area contributed by atoms with Crippen molar-refractivity contribution in [1.29, 1.82) is 0 Å². The smallest absolute Gasteiger partial charge is 0.193 e. The number of aromatic nitrogens is 1. The molecular weight excluding hydrogens is 248 g/mol. The van der Waals surface area contributed by atoms with Crippen LogP contribution in [0.15, 0.2) is 29.4 Å². The SMILES string of the molecule is CCNC(=NCCc1ccccn1)N1CCC(C)CC1. The summed E-state index contributed by atoms with van der Waals surface area (Å²) in [6.45, 7) is 8.43. The van der Waals surface area contributed by atoms with Crippen LogP contribution in [0.5, 0.6) is 0 Å². The lowest BCUT2D eigenvalue weighted by Gasteiger charge is -2.33. The zero-order valence-electron chi connectivity index (χ0n) is 12.7. The number of rotatable bonds is 4. The van der Waals surface area contributed by atoms with E-state index < -0.39 is 0 Å². The van der Waals surface area contributed by atoms with Gasteiger partial charge in [0.2, 0.25) is 0 Å². The number of pyridine rings is 1. The minimum Gasteiger partial charge on any atom is -0.357 e. The van der Waals surface area contributed by atoms with Crippen LogP contribution in [0.4, 0.5) is 0 Å². The fourth-order valence-corrected chi connectivity index (χ4v) is 2.47. The molecule has 0 aromatic carbocycles. The summed E-state index contributed by atoms with van der Waals surface area (Å²) in [6, 6.07) is 6.04. The lowest BCUT2D eigenvalue weighted by atomic mass is 10.00. The molecule has 1 aliphatic heterocycles. The highest BCUT2D eigenvalue weighted by molar-refractivity contribution is 5.80. The Morgan fingerprint density at radius 3 is 2.85 bits per heavy atom. The fourth-order valence-electron chi connectivity index (χ4n) is 2.47. The molecule has 1 saturated heterocycles. The number of hydrogen-bond donors (Lipinski definition) is 1. The Morgan fingerprint density at radius 1 is 1.40 bits per heavy atom. The first-order valence-corrected chi connectivity index (χ1v) is 7.72. The van der Waals surface area contributed by atoms with Crippen molar-refractivity contribution in [2.45, 2.75) is 33.1 Å². The summed E-state index contributed by atoms with van der Waals surface area (Å²) in [7, 11) is 0. The van der Waals surface area contributed by atoms with Gasteiger partial charge in [-0.25, -0.2) is 0 Å². The van der Waals surface area contributed by atoms with Crippen molar-refractivity contribution in [2.75, 3.05) is 26.2 Å². The first-order valence-electron chi connectivity index (χ1n) is 7.72. The maximum Gasteiger partial charge on any atom is 0.193 e. The van der Waals surface area contributed by atoms with E-state index in [2.05, 4.69) is 35.1 Å². The topological polar surface area (TPSA) is 40.5 Å². The average Bonchev–Trinajstić information content (AvgIpc) is 2.48. The van der Waals surface area contributed by atoms with Crippen molar-refractivity contribution >= 4 is 5.96 Å². The molecule has 2 rings (SSSR count). The summed E-state index contributed by atoms with van der Waals surface area (Å²) in [5.74, 6) is 1.91. The third kappa shape index (κ3) is 4.51. The number of aliphatic imine (C=N–C) groups is 1. The van der Waals surface area contributed by atoms with Crippen LogP contribution in [-0.2, 0) is 6.42 Å². The number of nitrogens with zero attached hydrogens (tertiary/aromatic N) is 3. The number of hydrogen-bond acceptors (Lipinski definition) is 2. The summed E-state index contributed by atoms with van der Waals surface area (Å²) in [5.41, 5.74) is 1.11. The van der Waals surface area contributed by atoms with Crippen LogP contribution in [-0.4, -0.2) is 42.0 Å². The molecule has 4 heteroatoms. The number of likely N-dealkylation sites (tertiary alicyclic amines) is 1. The van der Waals surface area contributed by atoms with Crippen molar-refractivity contribution < 1.29 is 0 Å². The predicted molar refractivity (Wildman–Crippen MR) is 83.9 cm³/mol. The molecule has 2 heterocycles. The van der Waals surface area contributed by atoms with E-state index in [1.54, 1.807) is 0 Å². The predicted octanol–water partition coefficient (Wildman–Crippen LogP) is 2.32. The van der Waals surface area contributed by atoms with Crippen LogP contribution in [0.3, 0.4) is 0 Å². The molecule has 0 radical (unpaired) electrons. The van der Waals surface area contributed by atoms with E-state index in [1.807, 2.05) is 18.3 Å². The summed E-state index contributed by atoms with van der Waals surface area (Å²) < 4.78 is 0. The second kappa shape index (κ2) is 7.88. The molecule has 0 spiro atoms. The summed E-state index contributed by atoms with van der Waals surface area (Å²) in [4.78, 5) is 11.5. The Bertz CT molecular complexity index is 408. The van der Waals surface area contributed by atoms with Crippen molar-refractivity contribution in [3.05, 3.63) is 30.1 Å². The molecule has 0 atom stereocenters. The standard InChI is InChI=1S/C16H26N4/c1-3-17-16(20-12-8-14(2)9-13-20)19-11-7-15-6-4-5-10-18-15/h4-6,10,14H,3,7-9,11-13H2,1-2H3,(H,17,19). The van der Waals surface area contributed by atoms with Crippen LogP contribution in [0.2, 0.25) is 0 Å². The van der Waals surface area contributed by atoms with Crippen LogP contribution < -0.4 is 5.32 Å². The molecule has 1 N–H and O–H groups in total. The highest BCUT2D eigenvalue weighted by Gasteiger charge is 2.18. The molecule has 1 aromatic rings. The Hall–Kier alpha value is -1.58. The molecule has 1 fully saturated rings. The van der Waals surface area contributed by atoms with Gasteiger partial charge in [-0.3, -0.25) is 9.98 Å². The molecule has 1 aliphatic rings. The third-order valence-electron chi connectivity index (χ3n) is 3.77. The van der Waals surface area contributed by atoms with E-state index >= 15 is 0 Å². The second-order valence-corrected chi connectivity index (χ2v) is 5.48. The first kappa shape index (κ1) is 14.8. The highest BCUT2D eigenvalue weighted by Crippen LogP contribution is 2.15. The van der Waals surface area contributed by atoms with Crippen LogP contribution in [0.1, 0.15) is 32.4 Å². The molecule has 0 bridgehead atoms. The molecule has 0 amide bonds. The Kier molecular flexibility index (Phi) is 5.84. The lowest BCUT2D eigenvalue weighted by molar-refractivity contribution is 0.273. The van der Waals surface area contributed by atoms with Gasteiger partial charge in [0.15, 0.2) is 5.96 Å². The van der Waals surface area contributed by atoms with Gasteiger partial charge in [-0.05, 0) is 37.8 Å². The normalized spacial score (nSPS) is 17.3. The monoisotopic (exact) mass is 274 g/mol. The minimum atomic E-state index is 0.797. The Labute approximate surface area is 122 Å². The van der Waals surface area contributed by atoms with E-state index in [4.69, 9.17) is 4.99 Å². The lowest BCUT2D eigenvalue weighted by Crippen LogP contribution is -2.45. The third-order valence-corrected chi connectivity index (χ3v) is 3.77. The van der Waals surface area contributed by atoms with E-state index in [0.29, 0.717) is 0 Å². The van der Waals surface area contributed by atoms with E-state index in [0.717, 1.165) is 50.2 Å². The fraction of sp³-hybridized carbons (Fsp3) is 0.625. The van der Waals surface area contributed by atoms with Crippen molar-refractivity contribution in [3.8, 4) is 0 Å². The first-order chi connectivity index (χ1) is 9.79. The molecule has 0 saturated carbocycles.